The van der Waals surface area contributed by atoms with Crippen LogP contribution in [0.25, 0.3) is 11.3 Å². The molecular weight excluding hydrogens is 295 g/mol. The minimum atomic E-state index is -0.697. The molecule has 0 saturated heterocycles. The van der Waals surface area contributed by atoms with Crippen molar-refractivity contribution >= 4 is 17.3 Å². The number of aromatic amines is 1. The molecule has 106 valence electrons. The molecule has 1 aromatic carbocycles. The molecule has 3 N–H and O–H groups in total. The standard InChI is InChI=1S/C14H10ClFN4O/c15-8-1-3-9(4-2-8)21-12-6-5-10(14(16)19-12)13-11(17)7-18-20-13/h1-7H,17H2,(H,18,20). The normalized spacial score (nSPS) is 10.6. The predicted molar refractivity (Wildman–Crippen MR) is 77.7 cm³/mol. The Bertz CT molecular complexity index is 773. The van der Waals surface area contributed by atoms with Gasteiger partial charge in [0.2, 0.25) is 11.8 Å². The molecule has 0 unspecified atom stereocenters. The molecule has 0 aliphatic rings. The molecule has 0 saturated carbocycles. The largest absolute Gasteiger partial charge is 0.439 e. The fraction of sp³-hybridized carbons (Fsp3) is 0. The summed E-state index contributed by atoms with van der Waals surface area (Å²) in [6.07, 6.45) is 1.41. The summed E-state index contributed by atoms with van der Waals surface area (Å²) in [4.78, 5) is 3.76. The first kappa shape index (κ1) is 13.4. The Balaban J connectivity index is 1.88. The van der Waals surface area contributed by atoms with Crippen molar-refractivity contribution in [2.45, 2.75) is 0 Å². The number of nitrogens with zero attached hydrogens (tertiary/aromatic N) is 2. The van der Waals surface area contributed by atoms with E-state index in [2.05, 4.69) is 15.2 Å². The number of ether oxygens (including phenoxy) is 1. The van der Waals surface area contributed by atoms with Gasteiger partial charge in [0.1, 0.15) is 5.75 Å². The van der Waals surface area contributed by atoms with E-state index in [1.807, 2.05) is 0 Å². The average molecular weight is 305 g/mol. The van der Waals surface area contributed by atoms with Crippen LogP contribution in [0.1, 0.15) is 0 Å². The first-order chi connectivity index (χ1) is 10.1. The summed E-state index contributed by atoms with van der Waals surface area (Å²) >= 11 is 5.78. The van der Waals surface area contributed by atoms with Crippen molar-refractivity contribution in [2.75, 3.05) is 5.73 Å². The molecule has 3 rings (SSSR count). The van der Waals surface area contributed by atoms with Crippen molar-refractivity contribution in [1.29, 1.82) is 0 Å². The molecule has 0 bridgehead atoms. The summed E-state index contributed by atoms with van der Waals surface area (Å²) in [5.74, 6) is -0.0471. The maximum Gasteiger partial charge on any atom is 0.225 e. The minimum Gasteiger partial charge on any atom is -0.439 e. The van der Waals surface area contributed by atoms with E-state index in [1.165, 1.54) is 12.3 Å². The molecule has 0 atom stereocenters. The van der Waals surface area contributed by atoms with E-state index in [0.29, 0.717) is 22.2 Å². The molecule has 0 spiro atoms. The molecule has 21 heavy (non-hydrogen) atoms. The fourth-order valence-corrected chi connectivity index (χ4v) is 1.92. The van der Waals surface area contributed by atoms with Crippen LogP contribution >= 0.6 is 11.6 Å². The number of hydrogen-bond acceptors (Lipinski definition) is 4. The number of anilines is 1. The van der Waals surface area contributed by atoms with Crippen LogP contribution < -0.4 is 10.5 Å². The number of pyridine rings is 1. The van der Waals surface area contributed by atoms with E-state index < -0.39 is 5.95 Å². The number of H-pyrrole nitrogens is 1. The van der Waals surface area contributed by atoms with Crippen LogP contribution in [0.3, 0.4) is 0 Å². The Labute approximate surface area is 124 Å². The van der Waals surface area contributed by atoms with E-state index in [-0.39, 0.29) is 11.4 Å². The Hall–Kier alpha value is -2.60. The third-order valence-electron chi connectivity index (χ3n) is 2.80. The third-order valence-corrected chi connectivity index (χ3v) is 3.05. The van der Waals surface area contributed by atoms with Crippen molar-refractivity contribution < 1.29 is 9.13 Å². The summed E-state index contributed by atoms with van der Waals surface area (Å²) in [6.45, 7) is 0. The molecule has 0 aliphatic heterocycles. The van der Waals surface area contributed by atoms with E-state index in [1.54, 1.807) is 30.3 Å². The predicted octanol–water partition coefficient (Wildman–Crippen LogP) is 3.64. The summed E-state index contributed by atoms with van der Waals surface area (Å²) in [5.41, 5.74) is 6.65. The third kappa shape index (κ3) is 2.80. The lowest BCUT2D eigenvalue weighted by atomic mass is 10.2. The highest BCUT2D eigenvalue weighted by Crippen LogP contribution is 2.28. The van der Waals surface area contributed by atoms with Gasteiger partial charge in [-0.1, -0.05) is 11.6 Å². The quantitative estimate of drug-likeness (QED) is 0.724. The molecule has 7 heteroatoms. The van der Waals surface area contributed by atoms with Gasteiger partial charge in [-0.05, 0) is 30.3 Å². The summed E-state index contributed by atoms with van der Waals surface area (Å²) in [5, 5.41) is 6.97. The summed E-state index contributed by atoms with van der Waals surface area (Å²) in [7, 11) is 0. The van der Waals surface area contributed by atoms with Crippen molar-refractivity contribution in [3.63, 3.8) is 0 Å². The Kier molecular flexibility index (Phi) is 3.45. The number of halogens is 2. The Morgan fingerprint density at radius 1 is 1.14 bits per heavy atom. The highest BCUT2D eigenvalue weighted by atomic mass is 35.5. The summed E-state index contributed by atoms with van der Waals surface area (Å²) in [6, 6.07) is 9.76. The van der Waals surface area contributed by atoms with Gasteiger partial charge >= 0.3 is 0 Å². The molecule has 2 heterocycles. The van der Waals surface area contributed by atoms with E-state index in [4.69, 9.17) is 22.1 Å². The monoisotopic (exact) mass is 304 g/mol. The minimum absolute atomic E-state index is 0.136. The highest BCUT2D eigenvalue weighted by Gasteiger charge is 2.13. The van der Waals surface area contributed by atoms with Gasteiger partial charge in [0.05, 0.1) is 23.1 Å². The van der Waals surface area contributed by atoms with Crippen LogP contribution in [0.15, 0.2) is 42.6 Å². The first-order valence-electron chi connectivity index (χ1n) is 6.02. The van der Waals surface area contributed by atoms with Crippen LogP contribution in [0, 0.1) is 5.95 Å². The van der Waals surface area contributed by atoms with Crippen LogP contribution in [-0.2, 0) is 0 Å². The maximum absolute atomic E-state index is 14.0. The van der Waals surface area contributed by atoms with Gasteiger partial charge < -0.3 is 10.5 Å². The second-order valence-corrected chi connectivity index (χ2v) is 4.68. The van der Waals surface area contributed by atoms with Crippen LogP contribution in [0.2, 0.25) is 5.02 Å². The number of nitrogen functional groups attached to an aromatic ring is 1. The van der Waals surface area contributed by atoms with Crippen molar-refractivity contribution in [2.24, 2.45) is 0 Å². The van der Waals surface area contributed by atoms with Crippen LogP contribution in [0.4, 0.5) is 10.1 Å². The van der Waals surface area contributed by atoms with Gasteiger partial charge in [-0.15, -0.1) is 0 Å². The number of rotatable bonds is 3. The van der Waals surface area contributed by atoms with Gasteiger partial charge in [0.25, 0.3) is 0 Å². The van der Waals surface area contributed by atoms with Crippen LogP contribution in [-0.4, -0.2) is 15.2 Å². The van der Waals surface area contributed by atoms with E-state index >= 15 is 0 Å². The Morgan fingerprint density at radius 2 is 1.90 bits per heavy atom. The fourth-order valence-electron chi connectivity index (χ4n) is 1.80. The summed E-state index contributed by atoms with van der Waals surface area (Å²) < 4.78 is 19.5. The zero-order valence-corrected chi connectivity index (χ0v) is 11.4. The molecule has 0 aliphatic carbocycles. The number of hydrogen-bond donors (Lipinski definition) is 2. The molecule has 3 aromatic rings. The molecular formula is C14H10ClFN4O. The SMILES string of the molecule is Nc1cn[nH]c1-c1ccc(Oc2ccc(Cl)cc2)nc1F. The zero-order valence-electron chi connectivity index (χ0n) is 10.7. The first-order valence-corrected chi connectivity index (χ1v) is 6.40. The number of aromatic nitrogens is 3. The van der Waals surface area contributed by atoms with E-state index in [9.17, 15) is 4.39 Å². The smallest absolute Gasteiger partial charge is 0.225 e. The molecule has 0 amide bonds. The lowest BCUT2D eigenvalue weighted by Gasteiger charge is -2.06. The molecule has 0 fully saturated rings. The van der Waals surface area contributed by atoms with Gasteiger partial charge in [-0.3, -0.25) is 5.10 Å². The van der Waals surface area contributed by atoms with E-state index in [0.717, 1.165) is 0 Å². The van der Waals surface area contributed by atoms with Crippen LogP contribution in [0.5, 0.6) is 11.6 Å². The molecule has 2 aromatic heterocycles. The molecule has 0 radical (unpaired) electrons. The Morgan fingerprint density at radius 3 is 2.52 bits per heavy atom. The lowest BCUT2D eigenvalue weighted by molar-refractivity contribution is 0.446. The topological polar surface area (TPSA) is 76.8 Å². The van der Waals surface area contributed by atoms with Crippen molar-refractivity contribution in [1.82, 2.24) is 15.2 Å². The lowest BCUT2D eigenvalue weighted by Crippen LogP contribution is -1.95. The second kappa shape index (κ2) is 5.41. The van der Waals surface area contributed by atoms with Gasteiger partial charge in [-0.25, -0.2) is 0 Å². The zero-order chi connectivity index (χ0) is 14.8. The highest BCUT2D eigenvalue weighted by molar-refractivity contribution is 6.30. The number of nitrogens with two attached hydrogens (primary N) is 1. The van der Waals surface area contributed by atoms with Gasteiger partial charge in [-0.2, -0.15) is 14.5 Å². The van der Waals surface area contributed by atoms with Gasteiger partial charge in [0.15, 0.2) is 0 Å². The van der Waals surface area contributed by atoms with Crippen molar-refractivity contribution in [3.8, 4) is 22.9 Å². The average Bonchev–Trinajstić information content (AvgIpc) is 2.88. The second-order valence-electron chi connectivity index (χ2n) is 4.24. The number of benzene rings is 1. The number of nitrogens with one attached hydrogen (secondary N) is 1. The van der Waals surface area contributed by atoms with Crippen molar-refractivity contribution in [3.05, 3.63) is 53.6 Å². The molecule has 5 nitrogen and oxygen atoms in total. The van der Waals surface area contributed by atoms with Gasteiger partial charge in [0, 0.05) is 11.1 Å². The maximum atomic E-state index is 14.0.